The van der Waals surface area contributed by atoms with E-state index in [1.54, 1.807) is 13.8 Å². The number of aliphatic hydroxyl groups excluding tert-OH is 1. The zero-order valence-electron chi connectivity index (χ0n) is 10.4. The smallest absolute Gasteiger partial charge is 0.0767 e. The fourth-order valence-electron chi connectivity index (χ4n) is 1.92. The monoisotopic (exact) mass is 215 g/mol. The second kappa shape index (κ2) is 4.40. The van der Waals surface area contributed by atoms with Crippen molar-refractivity contribution < 1.29 is 10.2 Å². The van der Waals surface area contributed by atoms with Crippen molar-refractivity contribution in [2.75, 3.05) is 0 Å². The lowest BCUT2D eigenvalue weighted by Gasteiger charge is -2.43. The van der Waals surface area contributed by atoms with Crippen molar-refractivity contribution in [2.24, 2.45) is 0 Å². The average Bonchev–Trinajstić information content (AvgIpc) is 2.06. The van der Waals surface area contributed by atoms with Crippen molar-refractivity contribution in [2.45, 2.75) is 76.7 Å². The van der Waals surface area contributed by atoms with Gasteiger partial charge in [0.2, 0.25) is 0 Å². The van der Waals surface area contributed by atoms with Gasteiger partial charge in [-0.2, -0.15) is 0 Å². The lowest BCUT2D eigenvalue weighted by molar-refractivity contribution is -0.0260. The van der Waals surface area contributed by atoms with E-state index < -0.39 is 5.60 Å². The largest absolute Gasteiger partial charge is 0.392 e. The predicted molar refractivity (Wildman–Crippen MR) is 61.8 cm³/mol. The third kappa shape index (κ3) is 3.16. The third-order valence-corrected chi connectivity index (χ3v) is 3.81. The molecule has 3 heteroatoms. The standard InChI is InChI=1S/C12H25NO2/c1-11(2,12(3,4)15)13-9-7-5-6-8-10(9)14/h9-10,13-15H,5-8H2,1-4H3/t9-,10-/m1/s1. The second-order valence-electron chi connectivity index (χ2n) is 5.79. The van der Waals surface area contributed by atoms with E-state index in [9.17, 15) is 10.2 Å². The van der Waals surface area contributed by atoms with Crippen LogP contribution in [0.5, 0.6) is 0 Å². The molecule has 15 heavy (non-hydrogen) atoms. The summed E-state index contributed by atoms with van der Waals surface area (Å²) in [7, 11) is 0. The van der Waals surface area contributed by atoms with E-state index in [0.29, 0.717) is 0 Å². The maximum absolute atomic E-state index is 10.0. The predicted octanol–water partition coefficient (Wildman–Crippen LogP) is 1.43. The van der Waals surface area contributed by atoms with Gasteiger partial charge in [0.1, 0.15) is 0 Å². The van der Waals surface area contributed by atoms with Crippen molar-refractivity contribution >= 4 is 0 Å². The Bertz CT molecular complexity index is 208. The van der Waals surface area contributed by atoms with Gasteiger partial charge in [0.15, 0.2) is 0 Å². The van der Waals surface area contributed by atoms with E-state index >= 15 is 0 Å². The summed E-state index contributed by atoms with van der Waals surface area (Å²) in [6.45, 7) is 7.56. The summed E-state index contributed by atoms with van der Waals surface area (Å²) < 4.78 is 0. The Morgan fingerprint density at radius 1 is 1.07 bits per heavy atom. The van der Waals surface area contributed by atoms with Crippen molar-refractivity contribution in [3.8, 4) is 0 Å². The SMILES string of the molecule is CC(C)(O)C(C)(C)N[C@@H]1CCCC[C@H]1O. The van der Waals surface area contributed by atoms with Crippen molar-refractivity contribution in [1.29, 1.82) is 0 Å². The number of nitrogens with one attached hydrogen (secondary N) is 1. The van der Waals surface area contributed by atoms with Crippen LogP contribution in [0, 0.1) is 0 Å². The normalized spacial score (nSPS) is 29.2. The first-order valence-electron chi connectivity index (χ1n) is 5.92. The molecule has 90 valence electrons. The van der Waals surface area contributed by atoms with Crippen LogP contribution in [0.15, 0.2) is 0 Å². The third-order valence-electron chi connectivity index (χ3n) is 3.81. The van der Waals surface area contributed by atoms with Gasteiger partial charge in [-0.25, -0.2) is 0 Å². The van der Waals surface area contributed by atoms with Crippen molar-refractivity contribution in [3.05, 3.63) is 0 Å². The van der Waals surface area contributed by atoms with E-state index in [0.717, 1.165) is 25.7 Å². The Morgan fingerprint density at radius 3 is 2.07 bits per heavy atom. The van der Waals surface area contributed by atoms with E-state index in [1.165, 1.54) is 0 Å². The molecule has 0 aromatic heterocycles. The Hall–Kier alpha value is -0.120. The Balaban J connectivity index is 2.59. The van der Waals surface area contributed by atoms with Crippen molar-refractivity contribution in [3.63, 3.8) is 0 Å². The van der Waals surface area contributed by atoms with E-state index in [1.807, 2.05) is 13.8 Å². The first-order valence-corrected chi connectivity index (χ1v) is 5.92. The fourth-order valence-corrected chi connectivity index (χ4v) is 1.92. The van der Waals surface area contributed by atoms with E-state index in [4.69, 9.17) is 0 Å². The van der Waals surface area contributed by atoms with Crippen LogP contribution in [-0.4, -0.2) is 33.5 Å². The molecule has 0 radical (unpaired) electrons. The van der Waals surface area contributed by atoms with Crippen LogP contribution < -0.4 is 5.32 Å². The number of aliphatic hydroxyl groups is 2. The summed E-state index contributed by atoms with van der Waals surface area (Å²) in [6, 6.07) is 0.125. The lowest BCUT2D eigenvalue weighted by atomic mass is 9.83. The molecule has 1 rings (SSSR count). The van der Waals surface area contributed by atoms with Gasteiger partial charge in [-0.3, -0.25) is 0 Å². The summed E-state index contributed by atoms with van der Waals surface area (Å²) >= 11 is 0. The van der Waals surface area contributed by atoms with Crippen LogP contribution in [0.25, 0.3) is 0 Å². The van der Waals surface area contributed by atoms with Crippen LogP contribution in [-0.2, 0) is 0 Å². The molecular formula is C12H25NO2. The lowest BCUT2D eigenvalue weighted by Crippen LogP contribution is -2.61. The molecule has 1 fully saturated rings. The highest BCUT2D eigenvalue weighted by atomic mass is 16.3. The molecule has 1 saturated carbocycles. The van der Waals surface area contributed by atoms with Gasteiger partial charge in [-0.1, -0.05) is 12.8 Å². The summed E-state index contributed by atoms with van der Waals surface area (Å²) in [4.78, 5) is 0. The molecule has 0 amide bonds. The molecule has 0 aromatic carbocycles. The molecule has 3 N–H and O–H groups in total. The Kier molecular flexibility index (Phi) is 3.80. The molecule has 3 nitrogen and oxygen atoms in total. The molecule has 0 heterocycles. The number of hydrogen-bond donors (Lipinski definition) is 3. The number of rotatable bonds is 3. The molecular weight excluding hydrogens is 190 g/mol. The molecule has 0 aromatic rings. The maximum Gasteiger partial charge on any atom is 0.0767 e. The summed E-state index contributed by atoms with van der Waals surface area (Å²) in [6.07, 6.45) is 3.89. The highest BCUT2D eigenvalue weighted by Gasteiger charge is 2.38. The van der Waals surface area contributed by atoms with Gasteiger partial charge >= 0.3 is 0 Å². The van der Waals surface area contributed by atoms with Gasteiger partial charge < -0.3 is 15.5 Å². The minimum Gasteiger partial charge on any atom is -0.392 e. The highest BCUT2D eigenvalue weighted by Crippen LogP contribution is 2.25. The first-order chi connectivity index (χ1) is 6.74. The van der Waals surface area contributed by atoms with Gasteiger partial charge in [0.05, 0.1) is 11.7 Å². The minimum absolute atomic E-state index is 0.125. The van der Waals surface area contributed by atoms with Crippen molar-refractivity contribution in [1.82, 2.24) is 5.32 Å². The van der Waals surface area contributed by atoms with Crippen LogP contribution >= 0.6 is 0 Å². The zero-order valence-corrected chi connectivity index (χ0v) is 10.4. The molecule has 1 aliphatic rings. The molecule has 0 saturated heterocycles. The average molecular weight is 215 g/mol. The molecule has 2 atom stereocenters. The maximum atomic E-state index is 10.0. The topological polar surface area (TPSA) is 52.5 Å². The van der Waals surface area contributed by atoms with Gasteiger partial charge in [0.25, 0.3) is 0 Å². The minimum atomic E-state index is -0.788. The Morgan fingerprint density at radius 2 is 1.60 bits per heavy atom. The Labute approximate surface area is 92.9 Å². The van der Waals surface area contributed by atoms with Gasteiger partial charge in [0, 0.05) is 11.6 Å². The quantitative estimate of drug-likeness (QED) is 0.667. The fraction of sp³-hybridized carbons (Fsp3) is 1.00. The van der Waals surface area contributed by atoms with Crippen LogP contribution in [0.2, 0.25) is 0 Å². The first kappa shape index (κ1) is 12.9. The molecule has 0 spiro atoms. The van der Waals surface area contributed by atoms with Gasteiger partial charge in [-0.15, -0.1) is 0 Å². The molecule has 0 unspecified atom stereocenters. The second-order valence-corrected chi connectivity index (χ2v) is 5.79. The van der Waals surface area contributed by atoms with Crippen LogP contribution in [0.4, 0.5) is 0 Å². The van der Waals surface area contributed by atoms with E-state index in [-0.39, 0.29) is 17.7 Å². The van der Waals surface area contributed by atoms with Crippen LogP contribution in [0.3, 0.4) is 0 Å². The summed E-state index contributed by atoms with van der Waals surface area (Å²) in [5.41, 5.74) is -1.17. The zero-order chi connectivity index (χ0) is 11.7. The summed E-state index contributed by atoms with van der Waals surface area (Å²) in [5, 5.41) is 23.3. The number of hydrogen-bond acceptors (Lipinski definition) is 3. The van der Waals surface area contributed by atoms with Gasteiger partial charge in [-0.05, 0) is 40.5 Å². The molecule has 0 aliphatic heterocycles. The molecule has 0 bridgehead atoms. The van der Waals surface area contributed by atoms with E-state index in [2.05, 4.69) is 5.32 Å². The molecule has 1 aliphatic carbocycles. The highest BCUT2D eigenvalue weighted by molar-refractivity contribution is 4.97. The summed E-state index contributed by atoms with van der Waals surface area (Å²) in [5.74, 6) is 0. The van der Waals surface area contributed by atoms with Crippen LogP contribution in [0.1, 0.15) is 53.4 Å².